The van der Waals surface area contributed by atoms with Crippen LogP contribution in [0.1, 0.15) is 25.5 Å². The van der Waals surface area contributed by atoms with Gasteiger partial charge in [-0.2, -0.15) is 0 Å². The number of carbonyl (C=O) groups excluding carboxylic acids is 1. The summed E-state index contributed by atoms with van der Waals surface area (Å²) in [5.41, 5.74) is 0.536. The first-order valence-electron chi connectivity index (χ1n) is 5.37. The molecule has 0 bridgehead atoms. The third-order valence-corrected chi connectivity index (χ3v) is 3.55. The van der Waals surface area contributed by atoms with Gasteiger partial charge in [-0.3, -0.25) is 9.79 Å². The molecule has 1 saturated heterocycles. The van der Waals surface area contributed by atoms with Crippen molar-refractivity contribution < 1.29 is 9.18 Å². The summed E-state index contributed by atoms with van der Waals surface area (Å²) in [7, 11) is 0. The van der Waals surface area contributed by atoms with Crippen molar-refractivity contribution in [2.75, 3.05) is 0 Å². The predicted molar refractivity (Wildman–Crippen MR) is 67.4 cm³/mol. The molecule has 1 amide bonds. The monoisotopic (exact) mass is 252 g/mol. The average Bonchev–Trinajstić information content (AvgIpc) is 2.58. The molecule has 2 atom stereocenters. The van der Waals surface area contributed by atoms with Crippen LogP contribution >= 0.6 is 11.8 Å². The number of benzene rings is 1. The maximum Gasteiger partial charge on any atom is 0.239 e. The molecule has 5 heteroatoms. The second-order valence-electron chi connectivity index (χ2n) is 3.88. The maximum absolute atomic E-state index is 13.5. The van der Waals surface area contributed by atoms with Gasteiger partial charge in [0.05, 0.1) is 11.3 Å². The highest BCUT2D eigenvalue weighted by molar-refractivity contribution is 8.15. The average molecular weight is 252 g/mol. The Kier molecular flexibility index (Phi) is 3.47. The minimum absolute atomic E-state index is 0.0468. The quantitative estimate of drug-likeness (QED) is 0.878. The first-order chi connectivity index (χ1) is 8.08. The molecule has 90 valence electrons. The molecule has 1 N–H and O–H groups in total. The molecule has 0 aromatic heterocycles. The molecule has 1 aromatic carbocycles. The van der Waals surface area contributed by atoms with E-state index < -0.39 is 0 Å². The number of hydrogen-bond donors (Lipinski definition) is 1. The lowest BCUT2D eigenvalue weighted by molar-refractivity contribution is -0.118. The molecule has 1 heterocycles. The van der Waals surface area contributed by atoms with Gasteiger partial charge in [0.25, 0.3) is 0 Å². The molecule has 2 rings (SSSR count). The molecule has 0 spiro atoms. The SMILES string of the molecule is CC1SC(=N[C@@H](C)c2ccccc2F)NC1=O. The molecule has 0 aliphatic carbocycles. The van der Waals surface area contributed by atoms with Crippen molar-refractivity contribution in [1.82, 2.24) is 5.32 Å². The summed E-state index contributed by atoms with van der Waals surface area (Å²) in [5, 5.41) is 3.12. The normalized spacial score (nSPS) is 23.8. The lowest BCUT2D eigenvalue weighted by Gasteiger charge is -2.08. The van der Waals surface area contributed by atoms with Crippen molar-refractivity contribution in [3.8, 4) is 0 Å². The first kappa shape index (κ1) is 12.1. The topological polar surface area (TPSA) is 41.5 Å². The Morgan fingerprint density at radius 2 is 2.18 bits per heavy atom. The van der Waals surface area contributed by atoms with Crippen molar-refractivity contribution in [2.24, 2.45) is 4.99 Å². The van der Waals surface area contributed by atoms with Crippen LogP contribution in [0.4, 0.5) is 4.39 Å². The highest BCUT2D eigenvalue weighted by atomic mass is 32.2. The van der Waals surface area contributed by atoms with Crippen LogP contribution in [-0.4, -0.2) is 16.3 Å². The van der Waals surface area contributed by atoms with E-state index in [1.807, 2.05) is 6.92 Å². The fourth-order valence-corrected chi connectivity index (χ4v) is 2.46. The summed E-state index contributed by atoms with van der Waals surface area (Å²) in [6.07, 6.45) is 0. The summed E-state index contributed by atoms with van der Waals surface area (Å²) in [6.45, 7) is 3.62. The summed E-state index contributed by atoms with van der Waals surface area (Å²) >= 11 is 1.37. The van der Waals surface area contributed by atoms with Gasteiger partial charge in [0.1, 0.15) is 5.82 Å². The molecule has 1 unspecified atom stereocenters. The van der Waals surface area contributed by atoms with Gasteiger partial charge in [0.15, 0.2) is 5.17 Å². The highest BCUT2D eigenvalue weighted by Gasteiger charge is 2.26. The molecule has 0 radical (unpaired) electrons. The van der Waals surface area contributed by atoms with Crippen LogP contribution in [0.2, 0.25) is 0 Å². The number of thioether (sulfide) groups is 1. The molecular weight excluding hydrogens is 239 g/mol. The number of amidine groups is 1. The van der Waals surface area contributed by atoms with Crippen LogP contribution in [0.5, 0.6) is 0 Å². The second kappa shape index (κ2) is 4.87. The number of rotatable bonds is 2. The molecule has 1 aliphatic rings. The summed E-state index contributed by atoms with van der Waals surface area (Å²) in [5.74, 6) is -0.318. The minimum atomic E-state index is -0.302. The smallest absolute Gasteiger partial charge is 0.239 e. The number of nitrogens with one attached hydrogen (secondary N) is 1. The van der Waals surface area contributed by atoms with E-state index in [0.717, 1.165) is 0 Å². The minimum Gasteiger partial charge on any atom is -0.304 e. The van der Waals surface area contributed by atoms with Gasteiger partial charge in [0.2, 0.25) is 5.91 Å². The Morgan fingerprint density at radius 1 is 1.47 bits per heavy atom. The van der Waals surface area contributed by atoms with Crippen molar-refractivity contribution in [3.63, 3.8) is 0 Å². The Hall–Kier alpha value is -1.36. The van der Waals surface area contributed by atoms with E-state index in [0.29, 0.717) is 10.7 Å². The van der Waals surface area contributed by atoms with Crippen LogP contribution in [0.15, 0.2) is 29.3 Å². The molecule has 1 aromatic rings. The number of carbonyl (C=O) groups is 1. The highest BCUT2D eigenvalue weighted by Crippen LogP contribution is 2.24. The number of aliphatic imine (C=N–C) groups is 1. The van der Waals surface area contributed by atoms with E-state index in [9.17, 15) is 9.18 Å². The standard InChI is InChI=1S/C12H13FN2OS/c1-7(9-5-3-4-6-10(9)13)14-12-15-11(16)8(2)17-12/h3-8H,1-2H3,(H,14,15,16)/t7-,8?/m0/s1. The fraction of sp³-hybridized carbons (Fsp3) is 0.333. The molecule has 1 aliphatic heterocycles. The molecule has 1 fully saturated rings. The Balaban J connectivity index is 2.17. The Bertz CT molecular complexity index is 475. The zero-order chi connectivity index (χ0) is 12.4. The van der Waals surface area contributed by atoms with Gasteiger partial charge < -0.3 is 5.32 Å². The zero-order valence-corrected chi connectivity index (χ0v) is 10.4. The lowest BCUT2D eigenvalue weighted by Crippen LogP contribution is -2.23. The third-order valence-electron chi connectivity index (χ3n) is 2.55. The van der Waals surface area contributed by atoms with E-state index >= 15 is 0 Å². The fourth-order valence-electron chi connectivity index (χ4n) is 1.58. The van der Waals surface area contributed by atoms with Gasteiger partial charge in [-0.05, 0) is 19.9 Å². The number of hydrogen-bond acceptors (Lipinski definition) is 3. The molecule has 3 nitrogen and oxygen atoms in total. The van der Waals surface area contributed by atoms with E-state index in [1.54, 1.807) is 25.1 Å². The number of nitrogens with zero attached hydrogens (tertiary/aromatic N) is 1. The molecule has 0 saturated carbocycles. The van der Waals surface area contributed by atoms with Gasteiger partial charge >= 0.3 is 0 Å². The van der Waals surface area contributed by atoms with E-state index in [1.165, 1.54) is 17.8 Å². The van der Waals surface area contributed by atoms with Crippen molar-refractivity contribution >= 4 is 22.8 Å². The Morgan fingerprint density at radius 3 is 2.76 bits per heavy atom. The number of amides is 1. The van der Waals surface area contributed by atoms with Crippen molar-refractivity contribution in [2.45, 2.75) is 25.1 Å². The largest absolute Gasteiger partial charge is 0.304 e. The van der Waals surface area contributed by atoms with Gasteiger partial charge in [-0.25, -0.2) is 4.39 Å². The molecular formula is C12H13FN2OS. The predicted octanol–water partition coefficient (Wildman–Crippen LogP) is 2.49. The van der Waals surface area contributed by atoms with E-state index in [2.05, 4.69) is 10.3 Å². The summed E-state index contributed by atoms with van der Waals surface area (Å²) < 4.78 is 13.5. The first-order valence-corrected chi connectivity index (χ1v) is 6.25. The van der Waals surface area contributed by atoms with Gasteiger partial charge in [-0.1, -0.05) is 30.0 Å². The Labute approximate surface area is 104 Å². The molecule has 17 heavy (non-hydrogen) atoms. The summed E-state index contributed by atoms with van der Waals surface area (Å²) in [4.78, 5) is 15.6. The van der Waals surface area contributed by atoms with Crippen LogP contribution in [0, 0.1) is 5.82 Å². The zero-order valence-electron chi connectivity index (χ0n) is 9.61. The van der Waals surface area contributed by atoms with Crippen LogP contribution < -0.4 is 5.32 Å². The van der Waals surface area contributed by atoms with Crippen molar-refractivity contribution in [3.05, 3.63) is 35.6 Å². The van der Waals surface area contributed by atoms with Crippen LogP contribution in [0.3, 0.4) is 0 Å². The van der Waals surface area contributed by atoms with Crippen molar-refractivity contribution in [1.29, 1.82) is 0 Å². The second-order valence-corrected chi connectivity index (χ2v) is 5.21. The van der Waals surface area contributed by atoms with Crippen LogP contribution in [0.25, 0.3) is 0 Å². The van der Waals surface area contributed by atoms with Gasteiger partial charge in [0, 0.05) is 5.56 Å². The summed E-state index contributed by atoms with van der Waals surface area (Å²) in [6, 6.07) is 6.24. The number of halogens is 1. The van der Waals surface area contributed by atoms with Gasteiger partial charge in [-0.15, -0.1) is 0 Å². The lowest BCUT2D eigenvalue weighted by atomic mass is 10.1. The van der Waals surface area contributed by atoms with E-state index in [-0.39, 0.29) is 23.0 Å². The van der Waals surface area contributed by atoms with E-state index in [4.69, 9.17) is 0 Å². The maximum atomic E-state index is 13.5. The third kappa shape index (κ3) is 2.66. The van der Waals surface area contributed by atoms with Crippen LogP contribution in [-0.2, 0) is 4.79 Å².